The molecule has 0 spiro atoms. The summed E-state index contributed by atoms with van der Waals surface area (Å²) in [5.74, 6) is 0.212. The van der Waals surface area contributed by atoms with Gasteiger partial charge in [0, 0.05) is 5.92 Å². The highest BCUT2D eigenvalue weighted by Crippen LogP contribution is 2.08. The molecule has 1 atom stereocenters. The molecule has 0 heterocycles. The lowest BCUT2D eigenvalue weighted by atomic mass is 10.0. The molecule has 1 aromatic rings. The van der Waals surface area contributed by atoms with E-state index in [1.807, 2.05) is 13.0 Å². The van der Waals surface area contributed by atoms with Crippen molar-refractivity contribution in [3.63, 3.8) is 0 Å². The van der Waals surface area contributed by atoms with Crippen LogP contribution in [0.15, 0.2) is 30.3 Å². The maximum absolute atomic E-state index is 10.3. The highest BCUT2D eigenvalue weighted by atomic mass is 16.1. The van der Waals surface area contributed by atoms with Crippen LogP contribution < -0.4 is 0 Å². The molecule has 1 unspecified atom stereocenters. The predicted molar refractivity (Wildman–Crippen MR) is 54.6 cm³/mol. The van der Waals surface area contributed by atoms with Crippen molar-refractivity contribution in [2.45, 2.75) is 26.2 Å². The number of rotatable bonds is 5. The summed E-state index contributed by atoms with van der Waals surface area (Å²) in [6, 6.07) is 10.4. The summed E-state index contributed by atoms with van der Waals surface area (Å²) in [6.45, 7) is 1.97. The van der Waals surface area contributed by atoms with E-state index in [4.69, 9.17) is 0 Å². The molecule has 0 aliphatic carbocycles. The summed E-state index contributed by atoms with van der Waals surface area (Å²) in [6.07, 6.45) is 4.21. The van der Waals surface area contributed by atoms with Gasteiger partial charge in [0.1, 0.15) is 6.29 Å². The number of hydrogen-bond acceptors (Lipinski definition) is 1. The molecule has 13 heavy (non-hydrogen) atoms. The van der Waals surface area contributed by atoms with E-state index >= 15 is 0 Å². The van der Waals surface area contributed by atoms with E-state index in [2.05, 4.69) is 24.3 Å². The van der Waals surface area contributed by atoms with Gasteiger partial charge in [0.05, 0.1) is 0 Å². The zero-order chi connectivity index (χ0) is 9.52. The van der Waals surface area contributed by atoms with E-state index in [0.29, 0.717) is 0 Å². The van der Waals surface area contributed by atoms with Gasteiger partial charge in [-0.15, -0.1) is 0 Å². The van der Waals surface area contributed by atoms with Crippen molar-refractivity contribution in [3.05, 3.63) is 35.9 Å². The largest absolute Gasteiger partial charge is 0.303 e. The molecule has 0 aliphatic heterocycles. The van der Waals surface area contributed by atoms with Crippen LogP contribution in [0.5, 0.6) is 0 Å². The zero-order valence-electron chi connectivity index (χ0n) is 8.07. The summed E-state index contributed by atoms with van der Waals surface area (Å²) in [7, 11) is 0. The molecule has 1 aromatic carbocycles. The Morgan fingerprint density at radius 3 is 2.62 bits per heavy atom. The molecule has 0 aromatic heterocycles. The van der Waals surface area contributed by atoms with Gasteiger partial charge in [-0.1, -0.05) is 37.3 Å². The molecule has 0 N–H and O–H groups in total. The molecule has 0 fully saturated rings. The lowest BCUT2D eigenvalue weighted by molar-refractivity contribution is -0.110. The summed E-state index contributed by atoms with van der Waals surface area (Å²) >= 11 is 0. The fourth-order valence-electron chi connectivity index (χ4n) is 1.34. The van der Waals surface area contributed by atoms with Crippen LogP contribution in [0.2, 0.25) is 0 Å². The molecular weight excluding hydrogens is 160 g/mol. The number of benzene rings is 1. The third-order valence-corrected chi connectivity index (χ3v) is 2.20. The highest BCUT2D eigenvalue weighted by Gasteiger charge is 1.98. The van der Waals surface area contributed by atoms with Gasteiger partial charge < -0.3 is 4.79 Å². The lowest BCUT2D eigenvalue weighted by Crippen LogP contribution is -1.96. The van der Waals surface area contributed by atoms with Crippen LogP contribution in [-0.2, 0) is 11.2 Å². The van der Waals surface area contributed by atoms with Crippen molar-refractivity contribution in [2.24, 2.45) is 5.92 Å². The van der Waals surface area contributed by atoms with E-state index in [-0.39, 0.29) is 5.92 Å². The van der Waals surface area contributed by atoms with Crippen molar-refractivity contribution in [1.29, 1.82) is 0 Å². The SMILES string of the molecule is CC(C=O)CCCc1ccccc1. The van der Waals surface area contributed by atoms with Crippen molar-refractivity contribution in [3.8, 4) is 0 Å². The second kappa shape index (κ2) is 5.52. The Labute approximate surface area is 79.8 Å². The number of aryl methyl sites for hydroxylation is 1. The van der Waals surface area contributed by atoms with Gasteiger partial charge in [-0.05, 0) is 24.8 Å². The molecule has 1 nitrogen and oxygen atoms in total. The van der Waals surface area contributed by atoms with Crippen LogP contribution in [0.1, 0.15) is 25.3 Å². The first-order valence-corrected chi connectivity index (χ1v) is 4.82. The van der Waals surface area contributed by atoms with Crippen molar-refractivity contribution >= 4 is 6.29 Å². The standard InChI is InChI=1S/C12H16O/c1-11(10-13)6-5-9-12-7-3-2-4-8-12/h2-4,7-8,10-11H,5-6,9H2,1H3. The van der Waals surface area contributed by atoms with E-state index in [1.165, 1.54) is 5.56 Å². The van der Waals surface area contributed by atoms with Crippen molar-refractivity contribution in [1.82, 2.24) is 0 Å². The first-order valence-electron chi connectivity index (χ1n) is 4.82. The molecule has 0 amide bonds. The lowest BCUT2D eigenvalue weighted by Gasteiger charge is -2.02. The van der Waals surface area contributed by atoms with E-state index < -0.39 is 0 Å². The monoisotopic (exact) mass is 176 g/mol. The first-order chi connectivity index (χ1) is 6.33. The van der Waals surface area contributed by atoms with E-state index in [0.717, 1.165) is 25.5 Å². The van der Waals surface area contributed by atoms with Crippen LogP contribution in [0.4, 0.5) is 0 Å². The Morgan fingerprint density at radius 2 is 2.00 bits per heavy atom. The second-order valence-corrected chi connectivity index (χ2v) is 3.49. The Kier molecular flexibility index (Phi) is 4.24. The summed E-state index contributed by atoms with van der Waals surface area (Å²) in [4.78, 5) is 10.3. The van der Waals surface area contributed by atoms with Gasteiger partial charge in [-0.3, -0.25) is 0 Å². The summed E-state index contributed by atoms with van der Waals surface area (Å²) in [5.41, 5.74) is 1.36. The van der Waals surface area contributed by atoms with Crippen LogP contribution in [0, 0.1) is 5.92 Å². The minimum Gasteiger partial charge on any atom is -0.303 e. The van der Waals surface area contributed by atoms with Gasteiger partial charge in [0.25, 0.3) is 0 Å². The quantitative estimate of drug-likeness (QED) is 0.630. The van der Waals surface area contributed by atoms with Crippen LogP contribution in [0.25, 0.3) is 0 Å². The average Bonchev–Trinajstić information content (AvgIpc) is 2.19. The fourth-order valence-corrected chi connectivity index (χ4v) is 1.34. The highest BCUT2D eigenvalue weighted by molar-refractivity contribution is 5.52. The number of carbonyl (C=O) groups excluding carboxylic acids is 1. The first kappa shape index (κ1) is 9.97. The average molecular weight is 176 g/mol. The molecule has 0 aliphatic rings. The summed E-state index contributed by atoms with van der Waals surface area (Å²) < 4.78 is 0. The van der Waals surface area contributed by atoms with Gasteiger partial charge in [-0.2, -0.15) is 0 Å². The second-order valence-electron chi connectivity index (χ2n) is 3.49. The van der Waals surface area contributed by atoms with Gasteiger partial charge in [0.2, 0.25) is 0 Å². The number of aldehydes is 1. The third-order valence-electron chi connectivity index (χ3n) is 2.20. The molecule has 0 saturated heterocycles. The van der Waals surface area contributed by atoms with Crippen LogP contribution >= 0.6 is 0 Å². The molecule has 0 bridgehead atoms. The zero-order valence-corrected chi connectivity index (χ0v) is 8.07. The van der Waals surface area contributed by atoms with Gasteiger partial charge in [0.15, 0.2) is 0 Å². The number of hydrogen-bond donors (Lipinski definition) is 0. The minimum absolute atomic E-state index is 0.212. The topological polar surface area (TPSA) is 17.1 Å². The maximum atomic E-state index is 10.3. The van der Waals surface area contributed by atoms with E-state index in [1.54, 1.807) is 0 Å². The molecule has 1 heteroatoms. The Bertz CT molecular complexity index is 241. The van der Waals surface area contributed by atoms with Gasteiger partial charge in [-0.25, -0.2) is 0 Å². The molecule has 0 radical (unpaired) electrons. The maximum Gasteiger partial charge on any atom is 0.122 e. The fraction of sp³-hybridized carbons (Fsp3) is 0.417. The third kappa shape index (κ3) is 3.88. The van der Waals surface area contributed by atoms with E-state index in [9.17, 15) is 4.79 Å². The van der Waals surface area contributed by atoms with Crippen molar-refractivity contribution in [2.75, 3.05) is 0 Å². The molecule has 0 saturated carbocycles. The summed E-state index contributed by atoms with van der Waals surface area (Å²) in [5, 5.41) is 0. The van der Waals surface area contributed by atoms with Gasteiger partial charge >= 0.3 is 0 Å². The Hall–Kier alpha value is -1.11. The normalized spacial score (nSPS) is 12.4. The molecular formula is C12H16O. The smallest absolute Gasteiger partial charge is 0.122 e. The Balaban J connectivity index is 2.24. The molecule has 70 valence electrons. The van der Waals surface area contributed by atoms with Crippen LogP contribution in [-0.4, -0.2) is 6.29 Å². The molecule has 1 rings (SSSR count). The van der Waals surface area contributed by atoms with Crippen molar-refractivity contribution < 1.29 is 4.79 Å². The van der Waals surface area contributed by atoms with Crippen LogP contribution in [0.3, 0.4) is 0 Å². The minimum atomic E-state index is 0.212. The predicted octanol–water partition coefficient (Wildman–Crippen LogP) is 2.84. The Morgan fingerprint density at radius 1 is 1.31 bits per heavy atom. The number of carbonyl (C=O) groups is 1.